The molecule has 100 valence electrons. The smallest absolute Gasteiger partial charge is 0.147 e. The Morgan fingerprint density at radius 3 is 2.79 bits per heavy atom. The first-order chi connectivity index (χ1) is 9.11. The lowest BCUT2D eigenvalue weighted by atomic mass is 10.1. The van der Waals surface area contributed by atoms with Crippen LogP contribution in [0.1, 0.15) is 29.8 Å². The van der Waals surface area contributed by atoms with E-state index in [2.05, 4.69) is 12.2 Å². The van der Waals surface area contributed by atoms with Gasteiger partial charge in [-0.25, -0.2) is 4.39 Å². The van der Waals surface area contributed by atoms with Crippen molar-refractivity contribution in [3.8, 4) is 0 Å². The Morgan fingerprint density at radius 2 is 2.26 bits per heavy atom. The Kier molecular flexibility index (Phi) is 4.50. The Balaban J connectivity index is 2.21. The van der Waals surface area contributed by atoms with Crippen molar-refractivity contribution < 1.29 is 4.39 Å². The zero-order chi connectivity index (χ0) is 13.8. The highest BCUT2D eigenvalue weighted by Gasteiger charge is 2.13. The van der Waals surface area contributed by atoms with Gasteiger partial charge >= 0.3 is 0 Å². The first-order valence-electron chi connectivity index (χ1n) is 6.01. The van der Waals surface area contributed by atoms with E-state index < -0.39 is 0 Å². The van der Waals surface area contributed by atoms with Gasteiger partial charge in [0.1, 0.15) is 10.8 Å². The van der Waals surface area contributed by atoms with Crippen molar-refractivity contribution in [3.05, 3.63) is 52.0 Å². The van der Waals surface area contributed by atoms with E-state index >= 15 is 0 Å². The zero-order valence-electron chi connectivity index (χ0n) is 10.5. The topological polar surface area (TPSA) is 38.0 Å². The lowest BCUT2D eigenvalue weighted by molar-refractivity contribution is 0.624. The number of halogens is 1. The number of nitrogens with two attached hydrogens (primary N) is 1. The summed E-state index contributed by atoms with van der Waals surface area (Å²) in [4.78, 5) is 1.40. The summed E-state index contributed by atoms with van der Waals surface area (Å²) >= 11 is 6.50. The van der Waals surface area contributed by atoms with Gasteiger partial charge in [0.25, 0.3) is 0 Å². The summed E-state index contributed by atoms with van der Waals surface area (Å²) in [6.07, 6.45) is 0.886. The van der Waals surface area contributed by atoms with Gasteiger partial charge in [0.2, 0.25) is 0 Å². The normalized spacial score (nSPS) is 12.1. The van der Waals surface area contributed by atoms with Crippen LogP contribution in [-0.4, -0.2) is 4.99 Å². The van der Waals surface area contributed by atoms with Crippen molar-refractivity contribution in [3.63, 3.8) is 0 Å². The van der Waals surface area contributed by atoms with Crippen LogP contribution < -0.4 is 11.1 Å². The van der Waals surface area contributed by atoms with E-state index in [1.54, 1.807) is 23.5 Å². The van der Waals surface area contributed by atoms with Gasteiger partial charge in [-0.15, -0.1) is 11.3 Å². The number of benzene rings is 1. The van der Waals surface area contributed by atoms with Crippen LogP contribution in [-0.2, 0) is 0 Å². The predicted molar refractivity (Wildman–Crippen MR) is 83.3 cm³/mol. The molecule has 0 saturated carbocycles. The maximum absolute atomic E-state index is 14.0. The molecule has 0 aliphatic heterocycles. The summed E-state index contributed by atoms with van der Waals surface area (Å²) in [5, 5.41) is 5.24. The molecule has 1 aromatic carbocycles. The van der Waals surface area contributed by atoms with Crippen LogP contribution in [0.25, 0.3) is 0 Å². The maximum atomic E-state index is 14.0. The number of nitrogens with one attached hydrogen (secondary N) is 1. The fourth-order valence-electron chi connectivity index (χ4n) is 1.84. The summed E-state index contributed by atoms with van der Waals surface area (Å²) in [6, 6.07) is 8.94. The van der Waals surface area contributed by atoms with Crippen LogP contribution >= 0.6 is 23.6 Å². The van der Waals surface area contributed by atoms with Crippen LogP contribution in [0.15, 0.2) is 35.7 Å². The number of thiocarbonyl (C=S) groups is 1. The number of anilines is 1. The second-order valence-electron chi connectivity index (χ2n) is 4.18. The molecule has 0 radical (unpaired) electrons. The summed E-state index contributed by atoms with van der Waals surface area (Å²) in [7, 11) is 0. The van der Waals surface area contributed by atoms with E-state index in [1.807, 2.05) is 17.5 Å². The lowest BCUT2D eigenvalue weighted by Gasteiger charge is -2.17. The first kappa shape index (κ1) is 14.0. The monoisotopic (exact) mass is 294 g/mol. The average Bonchev–Trinajstić information content (AvgIpc) is 2.91. The van der Waals surface area contributed by atoms with Crippen molar-refractivity contribution >= 4 is 34.2 Å². The van der Waals surface area contributed by atoms with Gasteiger partial charge < -0.3 is 11.1 Å². The molecule has 0 aliphatic carbocycles. The molecule has 5 heteroatoms. The van der Waals surface area contributed by atoms with Gasteiger partial charge in [-0.2, -0.15) is 0 Å². The summed E-state index contributed by atoms with van der Waals surface area (Å²) in [6.45, 7) is 2.07. The van der Waals surface area contributed by atoms with Gasteiger partial charge in [-0.1, -0.05) is 25.2 Å². The molecular weight excluding hydrogens is 279 g/mol. The molecule has 0 bridgehead atoms. The molecule has 0 spiro atoms. The largest absolute Gasteiger partial charge is 0.389 e. The number of hydrogen-bond donors (Lipinski definition) is 2. The molecule has 0 saturated heterocycles. The maximum Gasteiger partial charge on any atom is 0.147 e. The Morgan fingerprint density at radius 1 is 1.47 bits per heavy atom. The van der Waals surface area contributed by atoms with E-state index in [-0.39, 0.29) is 16.8 Å². The second-order valence-corrected chi connectivity index (χ2v) is 5.60. The number of thiophene rings is 1. The van der Waals surface area contributed by atoms with Crippen LogP contribution in [0.3, 0.4) is 0 Å². The summed E-state index contributed by atoms with van der Waals surface area (Å²) in [5.74, 6) is -0.333. The van der Waals surface area contributed by atoms with Crippen molar-refractivity contribution in [2.75, 3.05) is 5.32 Å². The molecular formula is C14H15FN2S2. The van der Waals surface area contributed by atoms with Crippen molar-refractivity contribution in [1.29, 1.82) is 0 Å². The Labute approximate surface area is 121 Å². The zero-order valence-corrected chi connectivity index (χ0v) is 12.2. The standard InChI is InChI=1S/C14H15FN2S2/c1-2-11(13-4-3-7-19-13)17-12-6-5-9(14(16)18)8-10(12)15/h3-8,11,17H,2H2,1H3,(H2,16,18). The van der Waals surface area contributed by atoms with Crippen LogP contribution in [0.4, 0.5) is 10.1 Å². The molecule has 2 nitrogen and oxygen atoms in total. The fraction of sp³-hybridized carbons (Fsp3) is 0.214. The molecule has 1 atom stereocenters. The summed E-state index contributed by atoms with van der Waals surface area (Å²) in [5.41, 5.74) is 6.50. The predicted octanol–water partition coefficient (Wildman–Crippen LogP) is 4.08. The van der Waals surface area contributed by atoms with Gasteiger partial charge in [-0.05, 0) is 36.1 Å². The Bertz CT molecular complexity index is 567. The van der Waals surface area contributed by atoms with Crippen LogP contribution in [0, 0.1) is 5.82 Å². The highest BCUT2D eigenvalue weighted by atomic mass is 32.1. The molecule has 2 aromatic rings. The van der Waals surface area contributed by atoms with Gasteiger partial charge in [-0.3, -0.25) is 0 Å². The minimum Gasteiger partial charge on any atom is -0.389 e. The minimum atomic E-state index is -0.333. The third-order valence-electron chi connectivity index (χ3n) is 2.88. The summed E-state index contributed by atoms with van der Waals surface area (Å²) < 4.78 is 14.0. The van der Waals surface area contributed by atoms with Gasteiger partial charge in [0.15, 0.2) is 0 Å². The average molecular weight is 294 g/mol. The molecule has 0 fully saturated rings. The SMILES string of the molecule is CCC(Nc1ccc(C(N)=S)cc1F)c1cccs1. The molecule has 1 heterocycles. The van der Waals surface area contributed by atoms with E-state index in [1.165, 1.54) is 10.9 Å². The minimum absolute atomic E-state index is 0.116. The molecule has 1 aromatic heterocycles. The second kappa shape index (κ2) is 6.12. The van der Waals surface area contributed by atoms with E-state index in [4.69, 9.17) is 18.0 Å². The molecule has 2 rings (SSSR count). The van der Waals surface area contributed by atoms with E-state index in [0.717, 1.165) is 6.42 Å². The third-order valence-corrected chi connectivity index (χ3v) is 4.10. The molecule has 19 heavy (non-hydrogen) atoms. The first-order valence-corrected chi connectivity index (χ1v) is 7.30. The molecule has 0 amide bonds. The third kappa shape index (κ3) is 3.30. The molecule has 1 unspecified atom stereocenters. The van der Waals surface area contributed by atoms with Gasteiger partial charge in [0, 0.05) is 10.4 Å². The van der Waals surface area contributed by atoms with E-state index in [0.29, 0.717) is 11.3 Å². The lowest BCUT2D eigenvalue weighted by Crippen LogP contribution is -2.12. The van der Waals surface area contributed by atoms with Gasteiger partial charge in [0.05, 0.1) is 11.7 Å². The van der Waals surface area contributed by atoms with Crippen LogP contribution in [0.2, 0.25) is 0 Å². The van der Waals surface area contributed by atoms with Crippen molar-refractivity contribution in [2.24, 2.45) is 5.73 Å². The molecule has 0 aliphatic rings. The highest BCUT2D eigenvalue weighted by molar-refractivity contribution is 7.80. The number of hydrogen-bond acceptors (Lipinski definition) is 3. The van der Waals surface area contributed by atoms with E-state index in [9.17, 15) is 4.39 Å². The van der Waals surface area contributed by atoms with Crippen molar-refractivity contribution in [1.82, 2.24) is 0 Å². The number of rotatable bonds is 5. The Hall–Kier alpha value is -1.46. The van der Waals surface area contributed by atoms with Crippen LogP contribution in [0.5, 0.6) is 0 Å². The molecule has 3 N–H and O–H groups in total. The highest BCUT2D eigenvalue weighted by Crippen LogP contribution is 2.27. The fourth-order valence-corrected chi connectivity index (χ4v) is 2.83. The van der Waals surface area contributed by atoms with Crippen molar-refractivity contribution in [2.45, 2.75) is 19.4 Å². The quantitative estimate of drug-likeness (QED) is 0.816.